The molecule has 0 heterocycles. The average Bonchev–Trinajstić information content (AvgIpc) is 2.63. The Labute approximate surface area is 168 Å². The van der Waals surface area contributed by atoms with Crippen LogP contribution in [0.2, 0.25) is 0 Å². The fourth-order valence-electron chi connectivity index (χ4n) is 3.06. The van der Waals surface area contributed by atoms with Crippen LogP contribution >= 0.6 is 0 Å². The highest BCUT2D eigenvalue weighted by Crippen LogP contribution is 2.23. The van der Waals surface area contributed by atoms with E-state index in [-0.39, 0.29) is 23.4 Å². The van der Waals surface area contributed by atoms with Crippen molar-refractivity contribution in [2.45, 2.75) is 45.1 Å². The number of amides is 1. The summed E-state index contributed by atoms with van der Waals surface area (Å²) in [4.78, 5) is 12.7. The lowest BCUT2D eigenvalue weighted by Gasteiger charge is -2.23. The van der Waals surface area contributed by atoms with E-state index in [9.17, 15) is 13.2 Å². The number of carbonyl (C=O) groups is 1. The molecule has 2 aromatic carbocycles. The standard InChI is InChI=1S/C22H30N2O3S/c1-6-17-8-10-18(11-9-17)22(15(2)3)23-14-21(25)24-20-13-19(28(5,26)27)12-7-16(20)4/h7-13,15,22-23H,6,14H2,1-5H3,(H,24,25)/t22-/m1/s1. The first-order chi connectivity index (χ1) is 13.1. The van der Waals surface area contributed by atoms with Crippen molar-refractivity contribution in [3.05, 3.63) is 59.2 Å². The summed E-state index contributed by atoms with van der Waals surface area (Å²) in [6.07, 6.45) is 2.15. The number of carbonyl (C=O) groups excluding carboxylic acids is 1. The lowest BCUT2D eigenvalue weighted by molar-refractivity contribution is -0.115. The molecule has 0 aromatic heterocycles. The van der Waals surface area contributed by atoms with Crippen molar-refractivity contribution < 1.29 is 13.2 Å². The molecule has 2 aromatic rings. The molecule has 6 heteroatoms. The molecule has 1 amide bonds. The Morgan fingerprint density at radius 3 is 2.25 bits per heavy atom. The van der Waals surface area contributed by atoms with E-state index >= 15 is 0 Å². The highest BCUT2D eigenvalue weighted by molar-refractivity contribution is 7.90. The summed E-state index contributed by atoms with van der Waals surface area (Å²) in [6, 6.07) is 13.3. The van der Waals surface area contributed by atoms with Crippen LogP contribution < -0.4 is 10.6 Å². The van der Waals surface area contributed by atoms with Gasteiger partial charge < -0.3 is 10.6 Å². The summed E-state index contributed by atoms with van der Waals surface area (Å²) < 4.78 is 23.5. The van der Waals surface area contributed by atoms with Crippen molar-refractivity contribution in [3.63, 3.8) is 0 Å². The van der Waals surface area contributed by atoms with Crippen LogP contribution in [0.4, 0.5) is 5.69 Å². The molecular weight excluding hydrogens is 372 g/mol. The first kappa shape index (κ1) is 22.1. The van der Waals surface area contributed by atoms with E-state index in [0.29, 0.717) is 11.6 Å². The molecule has 0 aliphatic carbocycles. The van der Waals surface area contributed by atoms with Gasteiger partial charge in [-0.15, -0.1) is 0 Å². The number of sulfone groups is 1. The topological polar surface area (TPSA) is 75.3 Å². The Hall–Kier alpha value is -2.18. The molecule has 0 bridgehead atoms. The molecule has 0 fully saturated rings. The zero-order valence-electron chi connectivity index (χ0n) is 17.2. The maximum Gasteiger partial charge on any atom is 0.238 e. The molecule has 1 atom stereocenters. The smallest absolute Gasteiger partial charge is 0.238 e. The van der Waals surface area contributed by atoms with E-state index < -0.39 is 9.84 Å². The van der Waals surface area contributed by atoms with Crippen LogP contribution in [0.5, 0.6) is 0 Å². The quantitative estimate of drug-likeness (QED) is 0.702. The molecule has 0 aliphatic heterocycles. The summed E-state index contributed by atoms with van der Waals surface area (Å²) in [5, 5.41) is 6.15. The van der Waals surface area contributed by atoms with Crippen molar-refractivity contribution in [3.8, 4) is 0 Å². The van der Waals surface area contributed by atoms with E-state index in [1.165, 1.54) is 11.6 Å². The Bertz CT molecular complexity index is 919. The zero-order valence-corrected chi connectivity index (χ0v) is 18.1. The third kappa shape index (κ3) is 5.91. The molecule has 2 rings (SSSR count). The van der Waals surface area contributed by atoms with Gasteiger partial charge in [-0.1, -0.05) is 51.1 Å². The van der Waals surface area contributed by atoms with Crippen molar-refractivity contribution in [2.24, 2.45) is 5.92 Å². The lowest BCUT2D eigenvalue weighted by atomic mass is 9.95. The average molecular weight is 403 g/mol. The Balaban J connectivity index is 2.07. The highest BCUT2D eigenvalue weighted by Gasteiger charge is 2.17. The molecule has 0 saturated carbocycles. The number of aryl methyl sites for hydroxylation is 2. The number of hydrogen-bond donors (Lipinski definition) is 2. The largest absolute Gasteiger partial charge is 0.325 e. The third-order valence-electron chi connectivity index (χ3n) is 4.81. The summed E-state index contributed by atoms with van der Waals surface area (Å²) in [5.74, 6) is 0.111. The minimum Gasteiger partial charge on any atom is -0.325 e. The number of nitrogens with one attached hydrogen (secondary N) is 2. The first-order valence-electron chi connectivity index (χ1n) is 9.54. The van der Waals surface area contributed by atoms with Crippen molar-refractivity contribution in [1.82, 2.24) is 5.32 Å². The maximum atomic E-state index is 12.5. The molecule has 28 heavy (non-hydrogen) atoms. The molecule has 0 spiro atoms. The normalized spacial score (nSPS) is 12.8. The van der Waals surface area contributed by atoms with Gasteiger partial charge in [0, 0.05) is 18.0 Å². The monoisotopic (exact) mass is 402 g/mol. The number of rotatable bonds is 8. The first-order valence-corrected chi connectivity index (χ1v) is 11.4. The third-order valence-corrected chi connectivity index (χ3v) is 5.92. The van der Waals surface area contributed by atoms with Crippen molar-refractivity contribution in [2.75, 3.05) is 18.1 Å². The summed E-state index contributed by atoms with van der Waals surface area (Å²) >= 11 is 0. The summed E-state index contributed by atoms with van der Waals surface area (Å²) in [5.41, 5.74) is 3.76. The lowest BCUT2D eigenvalue weighted by Crippen LogP contribution is -2.33. The van der Waals surface area contributed by atoms with E-state index in [0.717, 1.165) is 23.8 Å². The number of hydrogen-bond acceptors (Lipinski definition) is 4. The molecule has 0 radical (unpaired) electrons. The Morgan fingerprint density at radius 1 is 1.07 bits per heavy atom. The van der Waals surface area contributed by atoms with Crippen LogP contribution in [0.25, 0.3) is 0 Å². The van der Waals surface area contributed by atoms with Gasteiger partial charge in [0.05, 0.1) is 11.4 Å². The van der Waals surface area contributed by atoms with E-state index in [4.69, 9.17) is 0 Å². The SMILES string of the molecule is CCc1ccc([C@H](NCC(=O)Nc2cc(S(C)(=O)=O)ccc2C)C(C)C)cc1. The van der Waals surface area contributed by atoms with Gasteiger partial charge in [0.25, 0.3) is 0 Å². The molecular formula is C22H30N2O3S. The van der Waals surface area contributed by atoms with Gasteiger partial charge in [-0.05, 0) is 48.1 Å². The minimum absolute atomic E-state index is 0.0557. The predicted octanol–water partition coefficient (Wildman–Crippen LogP) is 3.89. The van der Waals surface area contributed by atoms with Gasteiger partial charge in [0.1, 0.15) is 0 Å². The van der Waals surface area contributed by atoms with E-state index in [1.807, 2.05) is 6.92 Å². The van der Waals surface area contributed by atoms with Crippen LogP contribution in [0, 0.1) is 12.8 Å². The highest BCUT2D eigenvalue weighted by atomic mass is 32.2. The van der Waals surface area contributed by atoms with E-state index in [2.05, 4.69) is 55.7 Å². The fraction of sp³-hybridized carbons (Fsp3) is 0.409. The van der Waals surface area contributed by atoms with Crippen molar-refractivity contribution >= 4 is 21.4 Å². The van der Waals surface area contributed by atoms with Gasteiger partial charge in [0.15, 0.2) is 9.84 Å². The van der Waals surface area contributed by atoms with Crippen LogP contribution in [-0.4, -0.2) is 27.1 Å². The number of anilines is 1. The van der Waals surface area contributed by atoms with Gasteiger partial charge >= 0.3 is 0 Å². The maximum absolute atomic E-state index is 12.5. The van der Waals surface area contributed by atoms with Crippen LogP contribution in [0.15, 0.2) is 47.4 Å². The predicted molar refractivity (Wildman–Crippen MR) is 114 cm³/mol. The minimum atomic E-state index is -3.32. The van der Waals surface area contributed by atoms with Gasteiger partial charge in [-0.3, -0.25) is 4.79 Å². The molecule has 0 aliphatic rings. The number of benzene rings is 2. The fourth-order valence-corrected chi connectivity index (χ4v) is 3.71. The second kappa shape index (κ2) is 9.34. The van der Waals surface area contributed by atoms with Crippen LogP contribution in [0.3, 0.4) is 0 Å². The molecule has 0 unspecified atom stereocenters. The molecule has 0 saturated heterocycles. The summed E-state index contributed by atoms with van der Waals surface area (Å²) in [6.45, 7) is 8.33. The van der Waals surface area contributed by atoms with Crippen LogP contribution in [-0.2, 0) is 21.1 Å². The Morgan fingerprint density at radius 2 is 1.71 bits per heavy atom. The molecule has 152 valence electrons. The van der Waals surface area contributed by atoms with Gasteiger partial charge in [-0.2, -0.15) is 0 Å². The second-order valence-electron chi connectivity index (χ2n) is 7.49. The second-order valence-corrected chi connectivity index (χ2v) is 9.51. The van der Waals surface area contributed by atoms with Gasteiger partial charge in [-0.25, -0.2) is 8.42 Å². The molecule has 2 N–H and O–H groups in total. The van der Waals surface area contributed by atoms with Crippen LogP contribution in [0.1, 0.15) is 43.5 Å². The molecule has 5 nitrogen and oxygen atoms in total. The summed E-state index contributed by atoms with van der Waals surface area (Å²) in [7, 11) is -3.32. The zero-order chi connectivity index (χ0) is 20.9. The van der Waals surface area contributed by atoms with Gasteiger partial charge in [0.2, 0.25) is 5.91 Å². The van der Waals surface area contributed by atoms with Crippen molar-refractivity contribution in [1.29, 1.82) is 0 Å². The van der Waals surface area contributed by atoms with E-state index in [1.54, 1.807) is 12.1 Å². The Kier molecular flexibility index (Phi) is 7.38.